The molecule has 4 nitrogen and oxygen atoms in total. The van der Waals surface area contributed by atoms with Crippen LogP contribution in [0.2, 0.25) is 0 Å². The van der Waals surface area contributed by atoms with Crippen molar-refractivity contribution < 1.29 is 4.74 Å². The second-order valence-electron chi connectivity index (χ2n) is 6.07. The standard InChI is InChI=1S/C17H35N3O.HI/c1-4-18-17(19-12-8-9-13-21-5-2)20-14-16-11-7-6-10-15(16)3;/h15-16H,4-14H2,1-3H3,(H2,18,19,20);1H. The van der Waals surface area contributed by atoms with E-state index >= 15 is 0 Å². The Kier molecular flexibility index (Phi) is 14.5. The maximum absolute atomic E-state index is 5.35. The zero-order chi connectivity index (χ0) is 15.3. The molecule has 0 aromatic heterocycles. The first-order chi connectivity index (χ1) is 10.3. The summed E-state index contributed by atoms with van der Waals surface area (Å²) in [5.41, 5.74) is 0. The predicted octanol–water partition coefficient (Wildman–Crippen LogP) is 3.80. The van der Waals surface area contributed by atoms with Gasteiger partial charge in [0.25, 0.3) is 0 Å². The van der Waals surface area contributed by atoms with Crippen molar-refractivity contribution in [1.82, 2.24) is 10.6 Å². The van der Waals surface area contributed by atoms with Crippen LogP contribution in [0, 0.1) is 11.8 Å². The molecule has 0 radical (unpaired) electrons. The van der Waals surface area contributed by atoms with Crippen LogP contribution in [0.3, 0.4) is 0 Å². The van der Waals surface area contributed by atoms with E-state index in [-0.39, 0.29) is 24.0 Å². The van der Waals surface area contributed by atoms with E-state index < -0.39 is 0 Å². The Bertz CT molecular complexity index is 287. The van der Waals surface area contributed by atoms with Crippen LogP contribution in [0.15, 0.2) is 4.99 Å². The van der Waals surface area contributed by atoms with Crippen LogP contribution in [-0.4, -0.2) is 38.8 Å². The first-order valence-corrected chi connectivity index (χ1v) is 8.87. The molecule has 1 aliphatic rings. The topological polar surface area (TPSA) is 45.7 Å². The fourth-order valence-electron chi connectivity index (χ4n) is 2.89. The van der Waals surface area contributed by atoms with Gasteiger partial charge < -0.3 is 15.4 Å². The van der Waals surface area contributed by atoms with Gasteiger partial charge in [-0.25, -0.2) is 0 Å². The average Bonchev–Trinajstić information content (AvgIpc) is 2.49. The monoisotopic (exact) mass is 425 g/mol. The highest BCUT2D eigenvalue weighted by atomic mass is 127. The van der Waals surface area contributed by atoms with E-state index in [1.807, 2.05) is 6.92 Å². The third-order valence-electron chi connectivity index (χ3n) is 4.33. The van der Waals surface area contributed by atoms with E-state index in [9.17, 15) is 0 Å². The van der Waals surface area contributed by atoms with Crippen molar-refractivity contribution in [2.75, 3.05) is 32.8 Å². The highest BCUT2D eigenvalue weighted by molar-refractivity contribution is 14.0. The molecule has 0 saturated heterocycles. The summed E-state index contributed by atoms with van der Waals surface area (Å²) >= 11 is 0. The van der Waals surface area contributed by atoms with Gasteiger partial charge in [-0.2, -0.15) is 0 Å². The minimum atomic E-state index is 0. The molecule has 0 amide bonds. The van der Waals surface area contributed by atoms with Gasteiger partial charge in [0.15, 0.2) is 5.96 Å². The summed E-state index contributed by atoms with van der Waals surface area (Å²) < 4.78 is 5.35. The third-order valence-corrected chi connectivity index (χ3v) is 4.33. The van der Waals surface area contributed by atoms with Gasteiger partial charge in [0.2, 0.25) is 0 Å². The Balaban J connectivity index is 0.00000441. The molecule has 0 aromatic carbocycles. The van der Waals surface area contributed by atoms with Crippen molar-refractivity contribution in [3.8, 4) is 0 Å². The molecule has 22 heavy (non-hydrogen) atoms. The highest BCUT2D eigenvalue weighted by Gasteiger charge is 2.20. The minimum absolute atomic E-state index is 0. The van der Waals surface area contributed by atoms with Crippen molar-refractivity contribution in [3.05, 3.63) is 0 Å². The highest BCUT2D eigenvalue weighted by Crippen LogP contribution is 2.29. The average molecular weight is 425 g/mol. The van der Waals surface area contributed by atoms with Crippen molar-refractivity contribution in [3.63, 3.8) is 0 Å². The van der Waals surface area contributed by atoms with Crippen LogP contribution in [-0.2, 0) is 4.74 Å². The molecule has 1 fully saturated rings. The number of nitrogens with zero attached hydrogens (tertiary/aromatic N) is 1. The van der Waals surface area contributed by atoms with Crippen molar-refractivity contribution in [2.45, 2.75) is 59.3 Å². The van der Waals surface area contributed by atoms with Crippen LogP contribution >= 0.6 is 24.0 Å². The molecule has 1 aliphatic carbocycles. The third kappa shape index (κ3) is 9.87. The number of halogens is 1. The summed E-state index contributed by atoms with van der Waals surface area (Å²) in [5, 5.41) is 6.78. The van der Waals surface area contributed by atoms with Crippen LogP contribution in [0.5, 0.6) is 0 Å². The molecule has 1 saturated carbocycles. The van der Waals surface area contributed by atoms with Gasteiger partial charge >= 0.3 is 0 Å². The van der Waals surface area contributed by atoms with Crippen LogP contribution in [0.4, 0.5) is 0 Å². The summed E-state index contributed by atoms with van der Waals surface area (Å²) in [6.07, 6.45) is 7.75. The molecule has 1 rings (SSSR count). The van der Waals surface area contributed by atoms with Gasteiger partial charge in [0.1, 0.15) is 0 Å². The van der Waals surface area contributed by atoms with Gasteiger partial charge in [-0.1, -0.05) is 26.2 Å². The lowest BCUT2D eigenvalue weighted by Gasteiger charge is -2.27. The summed E-state index contributed by atoms with van der Waals surface area (Å²) in [4.78, 5) is 4.78. The smallest absolute Gasteiger partial charge is 0.191 e. The zero-order valence-corrected chi connectivity index (χ0v) is 17.0. The van der Waals surface area contributed by atoms with Crippen LogP contribution in [0.25, 0.3) is 0 Å². The Morgan fingerprint density at radius 1 is 1.14 bits per heavy atom. The summed E-state index contributed by atoms with van der Waals surface area (Å²) in [5.74, 6) is 2.58. The van der Waals surface area contributed by atoms with Gasteiger partial charge in [0.05, 0.1) is 0 Å². The molecular weight excluding hydrogens is 389 g/mol. The molecule has 0 heterocycles. The van der Waals surface area contributed by atoms with Crippen molar-refractivity contribution in [2.24, 2.45) is 16.8 Å². The molecule has 0 aromatic rings. The minimum Gasteiger partial charge on any atom is -0.382 e. The maximum atomic E-state index is 5.35. The normalized spacial score (nSPS) is 22.0. The number of ether oxygens (including phenoxy) is 1. The molecule has 2 N–H and O–H groups in total. The van der Waals surface area contributed by atoms with E-state index in [1.54, 1.807) is 0 Å². The van der Waals surface area contributed by atoms with Crippen LogP contribution in [0.1, 0.15) is 59.3 Å². The van der Waals surface area contributed by atoms with Crippen molar-refractivity contribution >= 4 is 29.9 Å². The lowest BCUT2D eigenvalue weighted by Crippen LogP contribution is -2.38. The van der Waals surface area contributed by atoms with Gasteiger partial charge in [0, 0.05) is 32.8 Å². The summed E-state index contributed by atoms with van der Waals surface area (Å²) in [6, 6.07) is 0. The van der Waals surface area contributed by atoms with E-state index in [4.69, 9.17) is 9.73 Å². The van der Waals surface area contributed by atoms with E-state index in [0.717, 1.165) is 63.5 Å². The van der Waals surface area contributed by atoms with Gasteiger partial charge in [-0.3, -0.25) is 4.99 Å². The molecule has 5 heteroatoms. The fourth-order valence-corrected chi connectivity index (χ4v) is 2.89. The number of aliphatic imine (C=N–C) groups is 1. The first kappa shape index (κ1) is 22.0. The second kappa shape index (κ2) is 14.5. The number of nitrogens with one attached hydrogen (secondary N) is 2. The van der Waals surface area contributed by atoms with E-state index in [1.165, 1.54) is 25.7 Å². The maximum Gasteiger partial charge on any atom is 0.191 e. The Morgan fingerprint density at radius 3 is 2.59 bits per heavy atom. The van der Waals surface area contributed by atoms with Gasteiger partial charge in [-0.15, -0.1) is 24.0 Å². The zero-order valence-electron chi connectivity index (χ0n) is 14.7. The molecule has 0 spiro atoms. The molecule has 132 valence electrons. The largest absolute Gasteiger partial charge is 0.382 e. The predicted molar refractivity (Wildman–Crippen MR) is 106 cm³/mol. The van der Waals surface area contributed by atoms with E-state index in [0.29, 0.717) is 0 Å². The number of hydrogen-bond donors (Lipinski definition) is 2. The SMILES string of the molecule is CCNC(=NCC1CCCCC1C)NCCCCOCC.I. The van der Waals surface area contributed by atoms with Crippen LogP contribution < -0.4 is 10.6 Å². The van der Waals surface area contributed by atoms with E-state index in [2.05, 4.69) is 24.5 Å². The second-order valence-corrected chi connectivity index (χ2v) is 6.07. The number of rotatable bonds is 9. The van der Waals surface area contributed by atoms with Gasteiger partial charge in [-0.05, 0) is 44.9 Å². The summed E-state index contributed by atoms with van der Waals surface area (Å²) in [7, 11) is 0. The Hall–Kier alpha value is -0.0400. The molecule has 2 atom stereocenters. The number of unbranched alkanes of at least 4 members (excludes halogenated alkanes) is 1. The summed E-state index contributed by atoms with van der Waals surface area (Å²) in [6.45, 7) is 11.1. The van der Waals surface area contributed by atoms with Crippen molar-refractivity contribution in [1.29, 1.82) is 0 Å². The molecular formula is C17H36IN3O. The first-order valence-electron chi connectivity index (χ1n) is 8.87. The number of guanidine groups is 1. The lowest BCUT2D eigenvalue weighted by atomic mass is 9.80. The quantitative estimate of drug-likeness (QED) is 0.256. The lowest BCUT2D eigenvalue weighted by molar-refractivity contribution is 0.143. The molecule has 0 aliphatic heterocycles. The Labute approximate surface area is 154 Å². The number of hydrogen-bond acceptors (Lipinski definition) is 2. The fraction of sp³-hybridized carbons (Fsp3) is 0.941. The molecule has 2 unspecified atom stereocenters. The Morgan fingerprint density at radius 2 is 1.91 bits per heavy atom. The molecule has 0 bridgehead atoms.